The van der Waals surface area contributed by atoms with E-state index in [0.717, 1.165) is 34.6 Å². The van der Waals surface area contributed by atoms with Crippen LogP contribution in [0.5, 0.6) is 0 Å². The molecule has 1 unspecified atom stereocenters. The Bertz CT molecular complexity index is 864. The normalized spacial score (nSPS) is 18.1. The van der Waals surface area contributed by atoms with Gasteiger partial charge in [-0.2, -0.15) is 13.2 Å². The first-order valence-electron chi connectivity index (χ1n) is 7.54. The Morgan fingerprint density at radius 1 is 0.957 bits per heavy atom. The van der Waals surface area contributed by atoms with Crippen LogP contribution in [0.3, 0.4) is 0 Å². The lowest BCUT2D eigenvalue weighted by Gasteiger charge is -2.27. The molecule has 2 heterocycles. The summed E-state index contributed by atoms with van der Waals surface area (Å²) in [5.41, 5.74) is 2.61. The fourth-order valence-electron chi connectivity index (χ4n) is 3.45. The summed E-state index contributed by atoms with van der Waals surface area (Å²) >= 11 is 0. The first kappa shape index (κ1) is 14.3. The first-order valence-corrected chi connectivity index (χ1v) is 7.54. The van der Waals surface area contributed by atoms with Crippen molar-refractivity contribution in [3.05, 3.63) is 70.9 Å². The molecule has 23 heavy (non-hydrogen) atoms. The molecule has 1 aliphatic heterocycles. The summed E-state index contributed by atoms with van der Waals surface area (Å²) in [6.45, 7) is 0.658. The van der Waals surface area contributed by atoms with Crippen molar-refractivity contribution in [3.8, 4) is 0 Å². The predicted molar refractivity (Wildman–Crippen MR) is 83.3 cm³/mol. The van der Waals surface area contributed by atoms with Crippen molar-refractivity contribution in [3.63, 3.8) is 0 Å². The predicted octanol–water partition coefficient (Wildman–Crippen LogP) is 4.42. The van der Waals surface area contributed by atoms with Crippen molar-refractivity contribution < 1.29 is 13.2 Å². The zero-order chi connectivity index (χ0) is 16.0. The van der Waals surface area contributed by atoms with E-state index in [-0.39, 0.29) is 5.56 Å². The molecule has 0 spiro atoms. The fraction of sp³-hybridized carbons (Fsp3) is 0.222. The Labute approximate surface area is 131 Å². The third-order valence-corrected chi connectivity index (χ3v) is 4.44. The highest BCUT2D eigenvalue weighted by molar-refractivity contribution is 5.85. The molecule has 2 nitrogen and oxygen atoms in total. The number of hydrogen-bond acceptors (Lipinski definition) is 1. The number of alkyl halides is 3. The van der Waals surface area contributed by atoms with Gasteiger partial charge in [-0.25, -0.2) is 0 Å². The Kier molecular flexibility index (Phi) is 3.20. The van der Waals surface area contributed by atoms with E-state index in [4.69, 9.17) is 0 Å². The van der Waals surface area contributed by atoms with Crippen LogP contribution in [0.1, 0.15) is 28.4 Å². The smallest absolute Gasteiger partial charge is 0.357 e. The summed E-state index contributed by atoms with van der Waals surface area (Å²) in [5.74, 6) is 0. The van der Waals surface area contributed by atoms with Gasteiger partial charge in [-0.3, -0.25) is 0 Å². The van der Waals surface area contributed by atoms with Crippen LogP contribution in [0.15, 0.2) is 48.5 Å². The van der Waals surface area contributed by atoms with Gasteiger partial charge in [0.25, 0.3) is 0 Å². The molecular formula is C18H15F3N2. The number of fused-ring (bicyclic) bond motifs is 3. The number of aromatic amines is 1. The van der Waals surface area contributed by atoms with Gasteiger partial charge in [-0.1, -0.05) is 36.4 Å². The van der Waals surface area contributed by atoms with Crippen LogP contribution in [0.4, 0.5) is 13.2 Å². The summed E-state index contributed by atoms with van der Waals surface area (Å²) in [6.07, 6.45) is -3.55. The fourth-order valence-corrected chi connectivity index (χ4v) is 3.45. The Hall–Kier alpha value is -2.27. The molecule has 0 fully saturated rings. The standard InChI is InChI=1S/C18H15F3N2/c19-18(20,21)14-7-3-1-6-13(14)16-17-12(9-10-22-16)11-5-2-4-8-15(11)23-17/h1-8,16,22-23H,9-10H2. The van der Waals surface area contributed by atoms with Crippen LogP contribution < -0.4 is 5.32 Å². The second kappa shape index (κ2) is 5.13. The summed E-state index contributed by atoms with van der Waals surface area (Å²) < 4.78 is 40.0. The molecule has 0 amide bonds. The molecule has 1 atom stereocenters. The van der Waals surface area contributed by atoms with Gasteiger partial charge < -0.3 is 10.3 Å². The molecule has 0 aliphatic carbocycles. The minimum atomic E-state index is -4.36. The average molecular weight is 316 g/mol. The monoisotopic (exact) mass is 316 g/mol. The number of aromatic nitrogens is 1. The van der Waals surface area contributed by atoms with Crippen molar-refractivity contribution in [2.24, 2.45) is 0 Å². The van der Waals surface area contributed by atoms with Gasteiger partial charge in [0.05, 0.1) is 11.6 Å². The van der Waals surface area contributed by atoms with Crippen LogP contribution in [0, 0.1) is 0 Å². The average Bonchev–Trinajstić information content (AvgIpc) is 2.93. The maximum Gasteiger partial charge on any atom is 0.416 e. The lowest BCUT2D eigenvalue weighted by atomic mass is 9.91. The third-order valence-electron chi connectivity index (χ3n) is 4.44. The second-order valence-corrected chi connectivity index (χ2v) is 5.78. The quantitative estimate of drug-likeness (QED) is 0.683. The van der Waals surface area contributed by atoms with Gasteiger partial charge in [0.1, 0.15) is 0 Å². The number of rotatable bonds is 1. The van der Waals surface area contributed by atoms with Crippen LogP contribution in [0.25, 0.3) is 10.9 Å². The van der Waals surface area contributed by atoms with Gasteiger partial charge in [0.2, 0.25) is 0 Å². The van der Waals surface area contributed by atoms with E-state index in [1.807, 2.05) is 24.3 Å². The Morgan fingerprint density at radius 2 is 1.70 bits per heavy atom. The molecule has 1 aliphatic rings. The summed E-state index contributed by atoms with van der Waals surface area (Å²) in [5, 5.41) is 4.33. The number of H-pyrrole nitrogens is 1. The SMILES string of the molecule is FC(F)(F)c1ccccc1C1NCCc2c1[nH]c1ccccc21. The molecule has 4 rings (SSSR count). The highest BCUT2D eigenvalue weighted by Gasteiger charge is 2.36. The molecule has 0 bridgehead atoms. The molecule has 0 saturated heterocycles. The maximum absolute atomic E-state index is 13.3. The van der Waals surface area contributed by atoms with Crippen molar-refractivity contribution in [1.29, 1.82) is 0 Å². The van der Waals surface area contributed by atoms with Gasteiger partial charge in [0.15, 0.2) is 0 Å². The molecule has 2 N–H and O–H groups in total. The van der Waals surface area contributed by atoms with Gasteiger partial charge in [-0.05, 0) is 29.7 Å². The molecule has 3 aromatic rings. The highest BCUT2D eigenvalue weighted by atomic mass is 19.4. The first-order chi connectivity index (χ1) is 11.1. The van der Waals surface area contributed by atoms with E-state index in [9.17, 15) is 13.2 Å². The van der Waals surface area contributed by atoms with Crippen LogP contribution in [-0.2, 0) is 12.6 Å². The number of hydrogen-bond donors (Lipinski definition) is 2. The maximum atomic E-state index is 13.3. The largest absolute Gasteiger partial charge is 0.416 e. The molecule has 1 aromatic heterocycles. The van der Waals surface area contributed by atoms with E-state index in [2.05, 4.69) is 10.3 Å². The summed E-state index contributed by atoms with van der Waals surface area (Å²) in [4.78, 5) is 3.31. The highest BCUT2D eigenvalue weighted by Crippen LogP contribution is 2.39. The van der Waals surface area contributed by atoms with Crippen molar-refractivity contribution in [1.82, 2.24) is 10.3 Å². The Morgan fingerprint density at radius 3 is 2.52 bits per heavy atom. The van der Waals surface area contributed by atoms with Crippen LogP contribution in [-0.4, -0.2) is 11.5 Å². The van der Waals surface area contributed by atoms with E-state index in [1.165, 1.54) is 6.07 Å². The zero-order valence-corrected chi connectivity index (χ0v) is 12.2. The van der Waals surface area contributed by atoms with E-state index in [0.29, 0.717) is 6.54 Å². The molecule has 0 radical (unpaired) electrons. The minimum Gasteiger partial charge on any atom is -0.357 e. The molecular weight excluding hydrogens is 301 g/mol. The Balaban J connectivity index is 1.91. The van der Waals surface area contributed by atoms with E-state index in [1.54, 1.807) is 12.1 Å². The van der Waals surface area contributed by atoms with E-state index >= 15 is 0 Å². The van der Waals surface area contributed by atoms with Crippen LogP contribution in [0.2, 0.25) is 0 Å². The molecule has 2 aromatic carbocycles. The third kappa shape index (κ3) is 2.32. The molecule has 118 valence electrons. The number of para-hydroxylation sites is 1. The van der Waals surface area contributed by atoms with Gasteiger partial charge >= 0.3 is 6.18 Å². The topological polar surface area (TPSA) is 27.8 Å². The number of nitrogens with one attached hydrogen (secondary N) is 2. The molecule has 5 heteroatoms. The van der Waals surface area contributed by atoms with Crippen molar-refractivity contribution in [2.75, 3.05) is 6.54 Å². The van der Waals surface area contributed by atoms with Gasteiger partial charge in [-0.15, -0.1) is 0 Å². The number of benzene rings is 2. The number of halogens is 3. The summed E-state index contributed by atoms with van der Waals surface area (Å²) in [6, 6.07) is 13.2. The summed E-state index contributed by atoms with van der Waals surface area (Å²) in [7, 11) is 0. The lowest BCUT2D eigenvalue weighted by molar-refractivity contribution is -0.138. The van der Waals surface area contributed by atoms with Crippen molar-refractivity contribution >= 4 is 10.9 Å². The zero-order valence-electron chi connectivity index (χ0n) is 12.2. The lowest BCUT2D eigenvalue weighted by Crippen LogP contribution is -2.32. The van der Waals surface area contributed by atoms with Crippen LogP contribution >= 0.6 is 0 Å². The minimum absolute atomic E-state index is 0.271. The van der Waals surface area contributed by atoms with E-state index < -0.39 is 17.8 Å². The molecule has 0 saturated carbocycles. The van der Waals surface area contributed by atoms with Gasteiger partial charge in [0, 0.05) is 23.1 Å². The van der Waals surface area contributed by atoms with Crippen molar-refractivity contribution in [2.45, 2.75) is 18.6 Å². The second-order valence-electron chi connectivity index (χ2n) is 5.78.